The highest BCUT2D eigenvalue weighted by Gasteiger charge is 2.40. The number of nitrogens with zero attached hydrogens (tertiary/aromatic N) is 2. The maximum Gasteiger partial charge on any atom is 0.305 e. The fraction of sp³-hybridized carbons (Fsp3) is 0.444. The molecule has 3 atom stereocenters. The zero-order valence-corrected chi connectivity index (χ0v) is 19.9. The van der Waals surface area contributed by atoms with Crippen molar-refractivity contribution in [2.45, 2.75) is 51.9 Å². The fourth-order valence-corrected chi connectivity index (χ4v) is 4.15. The van der Waals surface area contributed by atoms with Crippen LogP contribution < -0.4 is 0 Å². The Morgan fingerprint density at radius 1 is 1.35 bits per heavy atom. The molecule has 0 N–H and O–H groups in total. The number of nitriles is 1. The van der Waals surface area contributed by atoms with Crippen molar-refractivity contribution in [3.8, 4) is 6.07 Å². The van der Waals surface area contributed by atoms with Gasteiger partial charge in [0.15, 0.2) is 6.29 Å². The van der Waals surface area contributed by atoms with Crippen LogP contribution in [0.5, 0.6) is 0 Å². The van der Waals surface area contributed by atoms with Gasteiger partial charge in [0.1, 0.15) is 5.82 Å². The lowest BCUT2D eigenvalue weighted by Crippen LogP contribution is -2.44. The molecule has 2 aromatic rings. The van der Waals surface area contributed by atoms with E-state index in [4.69, 9.17) is 9.47 Å². The summed E-state index contributed by atoms with van der Waals surface area (Å²) in [6.45, 7) is 4.54. The second-order valence-electron chi connectivity index (χ2n) is 9.17. The number of methoxy groups -OCH3 is 1. The van der Waals surface area contributed by atoms with Gasteiger partial charge in [-0.05, 0) is 48.6 Å². The molecule has 0 unspecified atom stereocenters. The minimum absolute atomic E-state index is 0.0751. The van der Waals surface area contributed by atoms with E-state index >= 15 is 0 Å². The summed E-state index contributed by atoms with van der Waals surface area (Å²) in [6.07, 6.45) is 9.01. The van der Waals surface area contributed by atoms with Gasteiger partial charge in [0.2, 0.25) is 0 Å². The van der Waals surface area contributed by atoms with Gasteiger partial charge in [-0.25, -0.2) is 4.39 Å². The summed E-state index contributed by atoms with van der Waals surface area (Å²) in [5, 5.41) is 9.42. The molecule has 1 saturated heterocycles. The van der Waals surface area contributed by atoms with Crippen molar-refractivity contribution in [2.75, 3.05) is 13.7 Å². The Kier molecular flexibility index (Phi) is 8.91. The minimum Gasteiger partial charge on any atom is -0.469 e. The molecule has 1 aromatic carbocycles. The number of hydrogen-bond acceptors (Lipinski definition) is 6. The van der Waals surface area contributed by atoms with Crippen molar-refractivity contribution in [2.24, 2.45) is 11.3 Å². The minimum atomic E-state index is -0.520. The van der Waals surface area contributed by atoms with Crippen LogP contribution in [0.1, 0.15) is 55.9 Å². The van der Waals surface area contributed by atoms with Crippen molar-refractivity contribution in [3.63, 3.8) is 0 Å². The molecule has 1 aromatic heterocycles. The number of esters is 1. The highest BCUT2D eigenvalue weighted by Crippen LogP contribution is 2.41. The average Bonchev–Trinajstić information content (AvgIpc) is 2.85. The van der Waals surface area contributed by atoms with Gasteiger partial charge >= 0.3 is 5.97 Å². The lowest BCUT2D eigenvalue weighted by atomic mass is 9.82. The van der Waals surface area contributed by atoms with E-state index in [0.717, 1.165) is 17.5 Å². The van der Waals surface area contributed by atoms with Crippen LogP contribution >= 0.6 is 0 Å². The number of aromatic nitrogens is 1. The Morgan fingerprint density at radius 2 is 2.18 bits per heavy atom. The van der Waals surface area contributed by atoms with E-state index in [1.807, 2.05) is 44.3 Å². The summed E-state index contributed by atoms with van der Waals surface area (Å²) in [6, 6.07) is 10.2. The van der Waals surface area contributed by atoms with E-state index in [-0.39, 0.29) is 18.0 Å². The Labute approximate surface area is 200 Å². The zero-order chi connectivity index (χ0) is 24.6. The van der Waals surface area contributed by atoms with Gasteiger partial charge < -0.3 is 14.2 Å². The predicted molar refractivity (Wildman–Crippen MR) is 125 cm³/mol. The number of carbonyl (C=O) groups excluding carboxylic acids is 1. The van der Waals surface area contributed by atoms with Crippen LogP contribution in [0.2, 0.25) is 0 Å². The molecule has 1 aliphatic rings. The third-order valence-corrected chi connectivity index (χ3v) is 6.00. The molecule has 0 radical (unpaired) electrons. The number of rotatable bonds is 9. The summed E-state index contributed by atoms with van der Waals surface area (Å²) in [5.74, 6) is -0.582. The van der Waals surface area contributed by atoms with Crippen LogP contribution in [-0.2, 0) is 25.4 Å². The summed E-state index contributed by atoms with van der Waals surface area (Å²) in [4.78, 5) is 15.5. The smallest absolute Gasteiger partial charge is 0.305 e. The van der Waals surface area contributed by atoms with Crippen LogP contribution in [0.3, 0.4) is 0 Å². The molecule has 1 aliphatic heterocycles. The summed E-state index contributed by atoms with van der Waals surface area (Å²) in [5.41, 5.74) is 1.59. The number of carbonyl (C=O) groups is 1. The third-order valence-electron chi connectivity index (χ3n) is 6.00. The highest BCUT2D eigenvalue weighted by atomic mass is 19.1. The topological polar surface area (TPSA) is 81.4 Å². The Bertz CT molecular complexity index is 1030. The maximum absolute atomic E-state index is 13.6. The van der Waals surface area contributed by atoms with Gasteiger partial charge in [-0.1, -0.05) is 38.1 Å². The van der Waals surface area contributed by atoms with Gasteiger partial charge in [-0.3, -0.25) is 9.78 Å². The number of ether oxygens (including phenoxy) is 3. The van der Waals surface area contributed by atoms with E-state index in [2.05, 4.69) is 15.8 Å². The SMILES string of the molecule is COC(=O)CC/C=C\C[C@@H]1CO[C@H](C(C)(C)Cc2ccc(F)cc2C#N)O[C@@H]1c1cccnc1. The molecule has 0 amide bonds. The molecule has 7 heteroatoms. The number of hydrogen-bond donors (Lipinski definition) is 0. The zero-order valence-electron chi connectivity index (χ0n) is 19.9. The first kappa shape index (κ1) is 25.5. The standard InChI is InChI=1S/C27H31FN2O4/c1-27(2,15-19-11-12-23(28)14-22(19)16-29)26-33-18-21(8-5-4-6-10-24(31)32-3)25(34-26)20-9-7-13-30-17-20/h4-5,7,9,11-14,17,21,25-26H,6,8,10,15,18H2,1-3H3/b5-4-/t21-,25-,26+/m1/s1. The highest BCUT2D eigenvalue weighted by molar-refractivity contribution is 5.69. The second kappa shape index (κ2) is 11.9. The van der Waals surface area contributed by atoms with E-state index in [0.29, 0.717) is 31.4 Å². The average molecular weight is 467 g/mol. The van der Waals surface area contributed by atoms with Crippen molar-refractivity contribution < 1.29 is 23.4 Å². The fourth-order valence-electron chi connectivity index (χ4n) is 4.15. The van der Waals surface area contributed by atoms with Crippen LogP contribution in [0, 0.1) is 28.5 Å². The van der Waals surface area contributed by atoms with Gasteiger partial charge in [0, 0.05) is 30.1 Å². The summed E-state index contributed by atoms with van der Waals surface area (Å²) in [7, 11) is 1.39. The van der Waals surface area contributed by atoms with Crippen LogP contribution in [0.4, 0.5) is 4.39 Å². The second-order valence-corrected chi connectivity index (χ2v) is 9.17. The first-order chi connectivity index (χ1) is 16.3. The van der Waals surface area contributed by atoms with Crippen LogP contribution in [0.25, 0.3) is 0 Å². The normalized spacial score (nSPS) is 20.7. The lowest BCUT2D eigenvalue weighted by Gasteiger charge is -2.43. The van der Waals surface area contributed by atoms with Crippen molar-refractivity contribution >= 4 is 5.97 Å². The Morgan fingerprint density at radius 3 is 2.88 bits per heavy atom. The van der Waals surface area contributed by atoms with E-state index in [9.17, 15) is 14.4 Å². The van der Waals surface area contributed by atoms with Gasteiger partial charge in [0.05, 0.1) is 31.5 Å². The molecule has 180 valence electrons. The van der Waals surface area contributed by atoms with Crippen LogP contribution in [0.15, 0.2) is 54.9 Å². The Hall–Kier alpha value is -3.08. The predicted octanol–water partition coefficient (Wildman–Crippen LogP) is 5.29. The van der Waals surface area contributed by atoms with Crippen LogP contribution in [-0.4, -0.2) is 31.0 Å². The molecule has 34 heavy (non-hydrogen) atoms. The van der Waals surface area contributed by atoms with Gasteiger partial charge in [-0.15, -0.1) is 0 Å². The maximum atomic E-state index is 13.6. The number of pyridine rings is 1. The lowest BCUT2D eigenvalue weighted by molar-refractivity contribution is -0.278. The summed E-state index contributed by atoms with van der Waals surface area (Å²) >= 11 is 0. The molecule has 0 saturated carbocycles. The first-order valence-corrected chi connectivity index (χ1v) is 11.4. The molecule has 0 aliphatic carbocycles. The largest absolute Gasteiger partial charge is 0.469 e. The molecule has 0 bridgehead atoms. The molecular formula is C27H31FN2O4. The molecule has 3 rings (SSSR count). The Balaban J connectivity index is 1.72. The summed E-state index contributed by atoms with van der Waals surface area (Å²) < 4.78 is 30.9. The van der Waals surface area contributed by atoms with Gasteiger partial charge in [-0.2, -0.15) is 5.26 Å². The number of halogens is 1. The monoisotopic (exact) mass is 466 g/mol. The number of allylic oxidation sites excluding steroid dienone is 2. The first-order valence-electron chi connectivity index (χ1n) is 11.4. The van der Waals surface area contributed by atoms with Crippen molar-refractivity contribution in [1.29, 1.82) is 5.26 Å². The molecule has 2 heterocycles. The van der Waals surface area contributed by atoms with Gasteiger partial charge in [0.25, 0.3) is 0 Å². The molecular weight excluding hydrogens is 435 g/mol. The molecule has 0 spiro atoms. The van der Waals surface area contributed by atoms with Crippen molar-refractivity contribution in [3.05, 3.63) is 77.4 Å². The van der Waals surface area contributed by atoms with E-state index in [1.165, 1.54) is 19.2 Å². The van der Waals surface area contributed by atoms with E-state index in [1.54, 1.807) is 12.3 Å². The third kappa shape index (κ3) is 6.72. The number of benzene rings is 1. The quantitative estimate of drug-likeness (QED) is 0.369. The van der Waals surface area contributed by atoms with E-state index < -0.39 is 17.5 Å². The molecule has 6 nitrogen and oxygen atoms in total. The van der Waals surface area contributed by atoms with Crippen molar-refractivity contribution in [1.82, 2.24) is 4.98 Å². The molecule has 1 fully saturated rings.